The number of carbonyl (C=O) groups is 1. The molecule has 1 aromatic heterocycles. The molecule has 1 amide bonds. The fraction of sp³-hybridized carbons (Fsp3) is 0.312. The van der Waals surface area contributed by atoms with Crippen LogP contribution in [0.2, 0.25) is 0 Å². The molecule has 0 aliphatic heterocycles. The minimum absolute atomic E-state index is 0.0271. The van der Waals surface area contributed by atoms with E-state index in [1.807, 2.05) is 19.5 Å². The summed E-state index contributed by atoms with van der Waals surface area (Å²) in [6.45, 7) is 0.523. The van der Waals surface area contributed by atoms with Crippen LogP contribution in [0.5, 0.6) is 0 Å². The molecule has 1 heterocycles. The molecule has 7 heteroatoms. The lowest BCUT2D eigenvalue weighted by atomic mass is 10.1. The summed E-state index contributed by atoms with van der Waals surface area (Å²) in [7, 11) is 3.95. The predicted octanol–water partition coefficient (Wildman–Crippen LogP) is 2.62. The van der Waals surface area contributed by atoms with Crippen LogP contribution >= 0.6 is 11.3 Å². The minimum Gasteiger partial charge on any atom is -0.354 e. The van der Waals surface area contributed by atoms with E-state index in [1.165, 1.54) is 17.7 Å². The Morgan fingerprint density at radius 1 is 1.30 bits per heavy atom. The molecule has 6 nitrogen and oxygen atoms in total. The normalized spacial score (nSPS) is 12.1. The number of carbonyl (C=O) groups excluding carboxylic acids is 1. The maximum atomic E-state index is 12.1. The van der Waals surface area contributed by atoms with Gasteiger partial charge in [0, 0.05) is 18.7 Å². The lowest BCUT2D eigenvalue weighted by Gasteiger charge is -2.24. The molecule has 1 N–H and O–H groups in total. The molecule has 122 valence electrons. The molecule has 0 spiro atoms. The molecule has 0 saturated carbocycles. The molecule has 0 fully saturated rings. The largest absolute Gasteiger partial charge is 0.354 e. The van der Waals surface area contributed by atoms with Crippen molar-refractivity contribution in [2.75, 3.05) is 20.6 Å². The Morgan fingerprint density at radius 3 is 2.52 bits per heavy atom. The first kappa shape index (κ1) is 17.1. The first-order valence-electron chi connectivity index (χ1n) is 7.16. The molecule has 0 aliphatic rings. The number of nitro groups is 1. The van der Waals surface area contributed by atoms with Crippen molar-refractivity contribution in [3.63, 3.8) is 0 Å². The van der Waals surface area contributed by atoms with Gasteiger partial charge in [0.1, 0.15) is 0 Å². The lowest BCUT2D eigenvalue weighted by molar-refractivity contribution is -0.384. The van der Waals surface area contributed by atoms with E-state index in [2.05, 4.69) is 21.7 Å². The molecule has 1 unspecified atom stereocenters. The predicted molar refractivity (Wildman–Crippen MR) is 90.6 cm³/mol. The summed E-state index contributed by atoms with van der Waals surface area (Å²) in [6, 6.07) is 8.23. The van der Waals surface area contributed by atoms with Gasteiger partial charge in [-0.05, 0) is 42.0 Å². The molecule has 2 rings (SSSR count). The number of hydrogen-bond donors (Lipinski definition) is 1. The van der Waals surface area contributed by atoms with Crippen LogP contribution < -0.4 is 5.32 Å². The summed E-state index contributed by atoms with van der Waals surface area (Å²) in [5.41, 5.74) is 1.96. The highest BCUT2D eigenvalue weighted by Gasteiger charge is 2.16. The number of non-ortho nitro benzene ring substituents is 1. The molecular weight excluding hydrogens is 314 g/mol. The summed E-state index contributed by atoms with van der Waals surface area (Å²) in [4.78, 5) is 24.3. The van der Waals surface area contributed by atoms with Gasteiger partial charge in [0.15, 0.2) is 0 Å². The van der Waals surface area contributed by atoms with Crippen LogP contribution in [0.1, 0.15) is 17.2 Å². The zero-order chi connectivity index (χ0) is 16.8. The van der Waals surface area contributed by atoms with Gasteiger partial charge in [-0.1, -0.05) is 12.1 Å². The lowest BCUT2D eigenvalue weighted by Crippen LogP contribution is -2.35. The third-order valence-electron chi connectivity index (χ3n) is 3.56. The SMILES string of the molecule is CN(C)C(CNC(=O)Cc1ccc([N+](=O)[O-])cc1)c1ccsc1. The summed E-state index contributed by atoms with van der Waals surface area (Å²) in [5.74, 6) is -0.0964. The Morgan fingerprint density at radius 2 is 2.00 bits per heavy atom. The van der Waals surface area contributed by atoms with Crippen molar-refractivity contribution in [2.45, 2.75) is 12.5 Å². The van der Waals surface area contributed by atoms with Crippen molar-refractivity contribution < 1.29 is 9.72 Å². The van der Waals surface area contributed by atoms with Crippen LogP contribution in [0.25, 0.3) is 0 Å². The number of hydrogen-bond acceptors (Lipinski definition) is 5. The first-order valence-corrected chi connectivity index (χ1v) is 8.10. The van der Waals surface area contributed by atoms with Crippen LogP contribution in [-0.2, 0) is 11.2 Å². The van der Waals surface area contributed by atoms with Crippen LogP contribution in [0.15, 0.2) is 41.1 Å². The van der Waals surface area contributed by atoms with Gasteiger partial charge in [0.25, 0.3) is 5.69 Å². The van der Waals surface area contributed by atoms with Gasteiger partial charge in [-0.2, -0.15) is 11.3 Å². The van der Waals surface area contributed by atoms with Gasteiger partial charge in [-0.3, -0.25) is 14.9 Å². The highest BCUT2D eigenvalue weighted by Crippen LogP contribution is 2.20. The van der Waals surface area contributed by atoms with Gasteiger partial charge in [-0.15, -0.1) is 0 Å². The summed E-state index contributed by atoms with van der Waals surface area (Å²) < 4.78 is 0. The van der Waals surface area contributed by atoms with Crippen LogP contribution in [0.4, 0.5) is 5.69 Å². The second-order valence-corrected chi connectivity index (χ2v) is 6.22. The quantitative estimate of drug-likeness (QED) is 0.624. The molecule has 0 bridgehead atoms. The molecule has 2 aromatic rings. The maximum absolute atomic E-state index is 12.1. The van der Waals surface area contributed by atoms with Crippen LogP contribution in [0, 0.1) is 10.1 Å². The van der Waals surface area contributed by atoms with Crippen molar-refractivity contribution in [3.8, 4) is 0 Å². The first-order chi connectivity index (χ1) is 11.0. The highest BCUT2D eigenvalue weighted by atomic mass is 32.1. The molecule has 0 saturated heterocycles. The van der Waals surface area contributed by atoms with E-state index >= 15 is 0 Å². The Labute approximate surface area is 138 Å². The Hall–Kier alpha value is -2.25. The van der Waals surface area contributed by atoms with E-state index in [9.17, 15) is 14.9 Å². The van der Waals surface area contributed by atoms with Gasteiger partial charge in [-0.25, -0.2) is 0 Å². The molecule has 0 radical (unpaired) electrons. The summed E-state index contributed by atoms with van der Waals surface area (Å²) in [5, 5.41) is 17.6. The van der Waals surface area contributed by atoms with E-state index in [1.54, 1.807) is 23.5 Å². The summed E-state index contributed by atoms with van der Waals surface area (Å²) in [6.07, 6.45) is 0.210. The number of thiophene rings is 1. The molecule has 1 aromatic carbocycles. The zero-order valence-corrected chi connectivity index (χ0v) is 13.9. The number of likely N-dealkylation sites (N-methyl/N-ethyl adjacent to an activating group) is 1. The topological polar surface area (TPSA) is 75.5 Å². The van der Waals surface area contributed by atoms with Crippen molar-refractivity contribution in [1.82, 2.24) is 10.2 Å². The second kappa shape index (κ2) is 7.85. The Bertz CT molecular complexity index is 654. The molecule has 1 atom stereocenters. The average Bonchev–Trinajstić information content (AvgIpc) is 3.01. The van der Waals surface area contributed by atoms with Gasteiger partial charge >= 0.3 is 0 Å². The van der Waals surface area contributed by atoms with Crippen molar-refractivity contribution >= 4 is 22.9 Å². The zero-order valence-electron chi connectivity index (χ0n) is 13.1. The van der Waals surface area contributed by atoms with Crippen molar-refractivity contribution in [2.24, 2.45) is 0 Å². The molecule has 0 aliphatic carbocycles. The highest BCUT2D eigenvalue weighted by molar-refractivity contribution is 7.07. The number of amides is 1. The molecule has 23 heavy (non-hydrogen) atoms. The van der Waals surface area contributed by atoms with E-state index in [0.717, 1.165) is 5.56 Å². The van der Waals surface area contributed by atoms with Crippen LogP contribution in [-0.4, -0.2) is 36.4 Å². The second-order valence-electron chi connectivity index (χ2n) is 5.44. The maximum Gasteiger partial charge on any atom is 0.269 e. The van der Waals surface area contributed by atoms with E-state index in [-0.39, 0.29) is 24.1 Å². The number of benzene rings is 1. The minimum atomic E-state index is -0.452. The van der Waals surface area contributed by atoms with Crippen molar-refractivity contribution in [3.05, 3.63) is 62.3 Å². The summed E-state index contributed by atoms with van der Waals surface area (Å²) >= 11 is 1.63. The third-order valence-corrected chi connectivity index (χ3v) is 4.26. The fourth-order valence-electron chi connectivity index (χ4n) is 2.26. The Balaban J connectivity index is 1.90. The van der Waals surface area contributed by atoms with Crippen LogP contribution in [0.3, 0.4) is 0 Å². The average molecular weight is 333 g/mol. The molecular formula is C16H19N3O3S. The van der Waals surface area contributed by atoms with Gasteiger partial charge in [0.2, 0.25) is 5.91 Å². The van der Waals surface area contributed by atoms with E-state index in [0.29, 0.717) is 6.54 Å². The number of nitrogens with zero attached hydrogens (tertiary/aromatic N) is 2. The van der Waals surface area contributed by atoms with Gasteiger partial charge < -0.3 is 10.2 Å². The Kier molecular flexibility index (Phi) is 5.84. The van der Waals surface area contributed by atoms with Crippen molar-refractivity contribution in [1.29, 1.82) is 0 Å². The number of rotatable bonds is 7. The van der Waals surface area contributed by atoms with E-state index in [4.69, 9.17) is 0 Å². The number of nitrogens with one attached hydrogen (secondary N) is 1. The standard InChI is InChI=1S/C16H19N3O3S/c1-18(2)15(13-7-8-23-11-13)10-17-16(20)9-12-3-5-14(6-4-12)19(21)22/h3-8,11,15H,9-10H2,1-2H3,(H,17,20). The monoisotopic (exact) mass is 333 g/mol. The van der Waals surface area contributed by atoms with Gasteiger partial charge in [0.05, 0.1) is 17.4 Å². The van der Waals surface area contributed by atoms with E-state index < -0.39 is 4.92 Å². The fourth-order valence-corrected chi connectivity index (χ4v) is 2.96. The third kappa shape index (κ3) is 4.87. The number of nitro benzene ring substituents is 1. The smallest absolute Gasteiger partial charge is 0.269 e.